The largest absolute Gasteiger partial charge is 0.372 e. The number of sulfonamides is 1. The van der Waals surface area contributed by atoms with Crippen LogP contribution < -0.4 is 14.9 Å². The van der Waals surface area contributed by atoms with Crippen LogP contribution in [0.5, 0.6) is 0 Å². The molecule has 6 heteroatoms. The summed E-state index contributed by atoms with van der Waals surface area (Å²) in [6, 6.07) is 7.79. The summed E-state index contributed by atoms with van der Waals surface area (Å²) < 4.78 is 26.9. The van der Waals surface area contributed by atoms with E-state index in [2.05, 4.69) is 14.9 Å². The Morgan fingerprint density at radius 3 is 2.48 bits per heavy atom. The third-order valence-corrected chi connectivity index (χ3v) is 5.58. The lowest BCUT2D eigenvalue weighted by molar-refractivity contribution is 0.582. The number of benzene rings is 1. The standard InChI is InChI=1S/C15H23N3O2S/c19-21(20,12-14-4-3-9-16-14)17-13-5-7-15(8-6-13)18-10-1-2-11-18/h5-8,14,16-17H,1-4,9-12H2. The summed E-state index contributed by atoms with van der Waals surface area (Å²) in [6.07, 6.45) is 4.48. The first kappa shape index (κ1) is 14.7. The average Bonchev–Trinajstić information content (AvgIpc) is 3.11. The topological polar surface area (TPSA) is 61.4 Å². The molecule has 0 amide bonds. The molecule has 0 radical (unpaired) electrons. The predicted molar refractivity (Wildman–Crippen MR) is 86.3 cm³/mol. The number of nitrogens with one attached hydrogen (secondary N) is 2. The minimum absolute atomic E-state index is 0.0892. The highest BCUT2D eigenvalue weighted by Crippen LogP contribution is 2.22. The zero-order valence-corrected chi connectivity index (χ0v) is 13.0. The van der Waals surface area contributed by atoms with Crippen LogP contribution in [0.1, 0.15) is 25.7 Å². The molecule has 1 aromatic carbocycles. The molecule has 21 heavy (non-hydrogen) atoms. The van der Waals surface area contributed by atoms with Gasteiger partial charge in [-0.2, -0.15) is 0 Å². The van der Waals surface area contributed by atoms with E-state index in [1.165, 1.54) is 18.5 Å². The van der Waals surface area contributed by atoms with Crippen molar-refractivity contribution in [2.24, 2.45) is 0 Å². The van der Waals surface area contributed by atoms with Crippen LogP contribution in [0.2, 0.25) is 0 Å². The van der Waals surface area contributed by atoms with E-state index in [0.29, 0.717) is 5.69 Å². The minimum atomic E-state index is -3.28. The predicted octanol–water partition coefficient (Wildman–Crippen LogP) is 1.78. The highest BCUT2D eigenvalue weighted by molar-refractivity contribution is 7.92. The van der Waals surface area contributed by atoms with E-state index in [-0.39, 0.29) is 11.8 Å². The van der Waals surface area contributed by atoms with Crippen molar-refractivity contribution >= 4 is 21.4 Å². The first-order valence-corrected chi connectivity index (χ1v) is 9.36. The number of anilines is 2. The summed E-state index contributed by atoms with van der Waals surface area (Å²) in [4.78, 5) is 2.33. The fourth-order valence-corrected chi connectivity index (χ4v) is 4.49. The van der Waals surface area contributed by atoms with Crippen molar-refractivity contribution < 1.29 is 8.42 Å². The molecule has 1 aromatic rings. The van der Waals surface area contributed by atoms with E-state index in [9.17, 15) is 8.42 Å². The smallest absolute Gasteiger partial charge is 0.234 e. The van der Waals surface area contributed by atoms with Crippen LogP contribution in [0.4, 0.5) is 11.4 Å². The van der Waals surface area contributed by atoms with Gasteiger partial charge in [0.1, 0.15) is 0 Å². The minimum Gasteiger partial charge on any atom is -0.372 e. The second-order valence-electron chi connectivity index (χ2n) is 5.92. The second-order valence-corrected chi connectivity index (χ2v) is 7.68. The molecule has 1 atom stereocenters. The molecule has 2 N–H and O–H groups in total. The van der Waals surface area contributed by atoms with Crippen molar-refractivity contribution in [2.45, 2.75) is 31.7 Å². The lowest BCUT2D eigenvalue weighted by Gasteiger charge is -2.18. The highest BCUT2D eigenvalue weighted by atomic mass is 32.2. The number of hydrogen-bond acceptors (Lipinski definition) is 4. The van der Waals surface area contributed by atoms with E-state index in [1.807, 2.05) is 24.3 Å². The maximum absolute atomic E-state index is 12.1. The van der Waals surface area contributed by atoms with Gasteiger partial charge in [-0.25, -0.2) is 8.42 Å². The zero-order chi connectivity index (χ0) is 14.7. The van der Waals surface area contributed by atoms with Crippen LogP contribution in [0.3, 0.4) is 0 Å². The fraction of sp³-hybridized carbons (Fsp3) is 0.600. The van der Waals surface area contributed by atoms with Gasteiger partial charge in [0.25, 0.3) is 0 Å². The van der Waals surface area contributed by atoms with Gasteiger partial charge in [0, 0.05) is 30.5 Å². The van der Waals surface area contributed by atoms with E-state index in [0.717, 1.165) is 32.5 Å². The van der Waals surface area contributed by atoms with Gasteiger partial charge in [0.2, 0.25) is 10.0 Å². The SMILES string of the molecule is O=S(=O)(CC1CCCN1)Nc1ccc(N2CCCC2)cc1. The van der Waals surface area contributed by atoms with Crippen molar-refractivity contribution in [3.8, 4) is 0 Å². The second kappa shape index (κ2) is 6.23. The van der Waals surface area contributed by atoms with E-state index < -0.39 is 10.0 Å². The van der Waals surface area contributed by atoms with E-state index >= 15 is 0 Å². The van der Waals surface area contributed by atoms with Gasteiger partial charge >= 0.3 is 0 Å². The van der Waals surface area contributed by atoms with Gasteiger partial charge in [0.05, 0.1) is 5.75 Å². The molecule has 0 aliphatic carbocycles. The van der Waals surface area contributed by atoms with Gasteiger partial charge in [-0.15, -0.1) is 0 Å². The molecule has 116 valence electrons. The fourth-order valence-electron chi connectivity index (χ4n) is 3.10. The Morgan fingerprint density at radius 1 is 1.14 bits per heavy atom. The third kappa shape index (κ3) is 3.89. The molecular formula is C15H23N3O2S. The monoisotopic (exact) mass is 309 g/mol. The average molecular weight is 309 g/mol. The lowest BCUT2D eigenvalue weighted by Crippen LogP contribution is -2.32. The van der Waals surface area contributed by atoms with Crippen molar-refractivity contribution in [2.75, 3.05) is 35.0 Å². The van der Waals surface area contributed by atoms with Crippen LogP contribution in [0.25, 0.3) is 0 Å². The van der Waals surface area contributed by atoms with Crippen molar-refractivity contribution in [3.05, 3.63) is 24.3 Å². The lowest BCUT2D eigenvalue weighted by atomic mass is 10.2. The Kier molecular flexibility index (Phi) is 4.35. The number of rotatable bonds is 5. The first-order valence-electron chi connectivity index (χ1n) is 7.71. The third-order valence-electron chi connectivity index (χ3n) is 4.19. The normalized spacial score (nSPS) is 22.7. The van der Waals surface area contributed by atoms with E-state index in [1.54, 1.807) is 0 Å². The van der Waals surface area contributed by atoms with Crippen LogP contribution in [-0.2, 0) is 10.0 Å². The summed E-state index contributed by atoms with van der Waals surface area (Å²) in [5, 5.41) is 3.22. The molecule has 5 nitrogen and oxygen atoms in total. The molecule has 2 heterocycles. The van der Waals surface area contributed by atoms with E-state index in [4.69, 9.17) is 0 Å². The van der Waals surface area contributed by atoms with Gasteiger partial charge in [-0.3, -0.25) is 4.72 Å². The summed E-state index contributed by atoms with van der Waals surface area (Å²) >= 11 is 0. The maximum atomic E-state index is 12.1. The van der Waals surface area contributed by atoms with Gasteiger partial charge < -0.3 is 10.2 Å². The Morgan fingerprint density at radius 2 is 1.86 bits per heavy atom. The molecule has 2 aliphatic heterocycles. The van der Waals surface area contributed by atoms with Crippen LogP contribution in [0, 0.1) is 0 Å². The Bertz CT molecular complexity index is 559. The van der Waals surface area contributed by atoms with Gasteiger partial charge in [0.15, 0.2) is 0 Å². The molecule has 0 spiro atoms. The quantitative estimate of drug-likeness (QED) is 0.870. The number of hydrogen-bond donors (Lipinski definition) is 2. The molecule has 1 unspecified atom stereocenters. The molecule has 3 rings (SSSR count). The number of nitrogens with zero attached hydrogens (tertiary/aromatic N) is 1. The molecule has 2 saturated heterocycles. The Labute approximate surface area is 126 Å². The molecular weight excluding hydrogens is 286 g/mol. The summed E-state index contributed by atoms with van der Waals surface area (Å²) in [6.45, 7) is 3.11. The zero-order valence-electron chi connectivity index (χ0n) is 12.2. The Hall–Kier alpha value is -1.27. The summed E-state index contributed by atoms with van der Waals surface area (Å²) in [7, 11) is -3.28. The van der Waals surface area contributed by atoms with Gasteiger partial charge in [-0.05, 0) is 56.5 Å². The van der Waals surface area contributed by atoms with Crippen LogP contribution >= 0.6 is 0 Å². The van der Waals surface area contributed by atoms with Crippen molar-refractivity contribution in [1.29, 1.82) is 0 Å². The molecule has 0 bridgehead atoms. The summed E-state index contributed by atoms with van der Waals surface area (Å²) in [5.74, 6) is 0.154. The Balaban J connectivity index is 1.61. The maximum Gasteiger partial charge on any atom is 0.234 e. The summed E-state index contributed by atoms with van der Waals surface area (Å²) in [5.41, 5.74) is 1.82. The molecule has 2 fully saturated rings. The van der Waals surface area contributed by atoms with Crippen LogP contribution in [0.15, 0.2) is 24.3 Å². The highest BCUT2D eigenvalue weighted by Gasteiger charge is 2.22. The molecule has 0 saturated carbocycles. The molecule has 0 aromatic heterocycles. The first-order chi connectivity index (χ1) is 10.1. The molecule has 2 aliphatic rings. The van der Waals surface area contributed by atoms with Crippen molar-refractivity contribution in [1.82, 2.24) is 5.32 Å². The van der Waals surface area contributed by atoms with Gasteiger partial charge in [-0.1, -0.05) is 0 Å². The van der Waals surface area contributed by atoms with Crippen molar-refractivity contribution in [3.63, 3.8) is 0 Å². The van der Waals surface area contributed by atoms with Crippen LogP contribution in [-0.4, -0.2) is 39.8 Å².